The Kier molecular flexibility index (Phi) is 3.02. The highest BCUT2D eigenvalue weighted by Gasteiger charge is 2.12. The van der Waals surface area contributed by atoms with Gasteiger partial charge in [0.15, 0.2) is 0 Å². The molecular formula is C8H6FIO2. The molecule has 0 atom stereocenters. The third-order valence-electron chi connectivity index (χ3n) is 1.36. The minimum absolute atomic E-state index is 0.262. The molecule has 4 heteroatoms. The van der Waals surface area contributed by atoms with Crippen molar-refractivity contribution in [3.8, 4) is 0 Å². The number of carbonyl (C=O) groups excluding carboxylic acids is 1. The zero-order valence-corrected chi connectivity index (χ0v) is 8.46. The molecule has 0 spiro atoms. The van der Waals surface area contributed by atoms with E-state index in [0.717, 1.165) is 0 Å². The van der Waals surface area contributed by atoms with E-state index in [0.29, 0.717) is 3.57 Å². The molecule has 1 aromatic carbocycles. The van der Waals surface area contributed by atoms with Crippen molar-refractivity contribution < 1.29 is 13.9 Å². The van der Waals surface area contributed by atoms with E-state index in [1.807, 2.05) is 0 Å². The van der Waals surface area contributed by atoms with E-state index in [2.05, 4.69) is 4.74 Å². The maximum Gasteiger partial charge on any atom is 0.339 e. The molecule has 0 aliphatic carbocycles. The second-order valence-electron chi connectivity index (χ2n) is 2.09. The van der Waals surface area contributed by atoms with E-state index >= 15 is 0 Å². The number of hydrogen-bond donors (Lipinski definition) is 0. The number of halogens is 2. The van der Waals surface area contributed by atoms with Gasteiger partial charge in [0.1, 0.15) is 5.82 Å². The lowest BCUT2D eigenvalue weighted by molar-refractivity contribution is 0.0599. The van der Waals surface area contributed by atoms with E-state index in [-0.39, 0.29) is 5.56 Å². The zero-order chi connectivity index (χ0) is 9.14. The molecule has 0 bridgehead atoms. The van der Waals surface area contributed by atoms with Crippen molar-refractivity contribution in [1.82, 2.24) is 0 Å². The number of ether oxygens (including phenoxy) is 1. The molecule has 0 saturated heterocycles. The first-order valence-electron chi connectivity index (χ1n) is 3.19. The monoisotopic (exact) mass is 280 g/mol. The van der Waals surface area contributed by atoms with Crippen LogP contribution in [0.3, 0.4) is 0 Å². The van der Waals surface area contributed by atoms with E-state index in [4.69, 9.17) is 0 Å². The SMILES string of the molecule is COC(=O)c1cccc(F)c1I. The van der Waals surface area contributed by atoms with Gasteiger partial charge in [0.25, 0.3) is 0 Å². The smallest absolute Gasteiger partial charge is 0.339 e. The van der Waals surface area contributed by atoms with Crippen LogP contribution < -0.4 is 0 Å². The fraction of sp³-hybridized carbons (Fsp3) is 0.125. The van der Waals surface area contributed by atoms with Gasteiger partial charge in [-0.25, -0.2) is 9.18 Å². The van der Waals surface area contributed by atoms with Crippen molar-refractivity contribution in [3.63, 3.8) is 0 Å². The molecule has 0 amide bonds. The molecule has 0 unspecified atom stereocenters. The van der Waals surface area contributed by atoms with Gasteiger partial charge >= 0.3 is 5.97 Å². The van der Waals surface area contributed by atoms with Crippen LogP contribution in [0, 0.1) is 9.39 Å². The van der Waals surface area contributed by atoms with Crippen LogP contribution in [0.1, 0.15) is 10.4 Å². The fourth-order valence-electron chi connectivity index (χ4n) is 0.771. The van der Waals surface area contributed by atoms with Crippen molar-refractivity contribution in [2.45, 2.75) is 0 Å². The standard InChI is InChI=1S/C8H6FIO2/c1-12-8(11)5-3-2-4-6(9)7(5)10/h2-4H,1H3. The Morgan fingerprint density at radius 2 is 2.25 bits per heavy atom. The van der Waals surface area contributed by atoms with Crippen LogP contribution in [-0.4, -0.2) is 13.1 Å². The molecule has 0 aliphatic heterocycles. The average molecular weight is 280 g/mol. The number of carbonyl (C=O) groups is 1. The third-order valence-corrected chi connectivity index (χ3v) is 2.45. The Bertz CT molecular complexity index is 312. The topological polar surface area (TPSA) is 26.3 Å². The molecule has 1 aromatic rings. The Morgan fingerprint density at radius 3 is 2.83 bits per heavy atom. The lowest BCUT2D eigenvalue weighted by Crippen LogP contribution is -2.04. The number of hydrogen-bond acceptors (Lipinski definition) is 2. The van der Waals surface area contributed by atoms with Crippen molar-refractivity contribution in [2.75, 3.05) is 7.11 Å². The Hall–Kier alpha value is -0.650. The summed E-state index contributed by atoms with van der Waals surface area (Å²) in [5.74, 6) is -0.919. The minimum atomic E-state index is -0.515. The van der Waals surface area contributed by atoms with E-state index in [1.165, 1.54) is 25.3 Å². The van der Waals surface area contributed by atoms with Crippen LogP contribution in [0.2, 0.25) is 0 Å². The highest BCUT2D eigenvalue weighted by molar-refractivity contribution is 14.1. The first-order chi connectivity index (χ1) is 5.66. The van der Waals surface area contributed by atoms with Crippen molar-refractivity contribution >= 4 is 28.6 Å². The highest BCUT2D eigenvalue weighted by atomic mass is 127. The largest absolute Gasteiger partial charge is 0.465 e. The van der Waals surface area contributed by atoms with Gasteiger partial charge in [0, 0.05) is 0 Å². The molecule has 0 saturated carbocycles. The predicted molar refractivity (Wildman–Crippen MR) is 50.5 cm³/mol. The Balaban J connectivity index is 3.16. The van der Waals surface area contributed by atoms with E-state index in [9.17, 15) is 9.18 Å². The molecule has 0 radical (unpaired) electrons. The Morgan fingerprint density at radius 1 is 1.58 bits per heavy atom. The lowest BCUT2D eigenvalue weighted by atomic mass is 10.2. The predicted octanol–water partition coefficient (Wildman–Crippen LogP) is 2.22. The van der Waals surface area contributed by atoms with Crippen LogP contribution in [0.25, 0.3) is 0 Å². The van der Waals surface area contributed by atoms with Gasteiger partial charge in [0.2, 0.25) is 0 Å². The summed E-state index contributed by atoms with van der Waals surface area (Å²) < 4.78 is 17.6. The van der Waals surface area contributed by atoms with Crippen LogP contribution in [0.4, 0.5) is 4.39 Å². The second kappa shape index (κ2) is 3.84. The maximum atomic E-state index is 12.9. The normalized spacial score (nSPS) is 9.58. The molecule has 2 nitrogen and oxygen atoms in total. The van der Waals surface area contributed by atoms with Gasteiger partial charge in [-0.3, -0.25) is 0 Å². The molecule has 0 N–H and O–H groups in total. The van der Waals surface area contributed by atoms with E-state index in [1.54, 1.807) is 22.6 Å². The Labute approximate surface area is 82.9 Å². The summed E-state index contributed by atoms with van der Waals surface area (Å²) in [6, 6.07) is 4.30. The fourth-order valence-corrected chi connectivity index (χ4v) is 1.35. The van der Waals surface area contributed by atoms with Gasteiger partial charge in [-0.05, 0) is 34.7 Å². The van der Waals surface area contributed by atoms with Gasteiger partial charge in [-0.1, -0.05) is 6.07 Å². The number of esters is 1. The number of benzene rings is 1. The highest BCUT2D eigenvalue weighted by Crippen LogP contribution is 2.16. The maximum absolute atomic E-state index is 12.9. The molecule has 0 fully saturated rings. The minimum Gasteiger partial charge on any atom is -0.465 e. The number of rotatable bonds is 1. The summed E-state index contributed by atoms with van der Waals surface area (Å²) in [6.07, 6.45) is 0. The van der Waals surface area contributed by atoms with E-state index < -0.39 is 11.8 Å². The van der Waals surface area contributed by atoms with Gasteiger partial charge < -0.3 is 4.74 Å². The average Bonchev–Trinajstić information content (AvgIpc) is 2.08. The van der Waals surface area contributed by atoms with Crippen LogP contribution in [0.5, 0.6) is 0 Å². The molecule has 0 heterocycles. The summed E-state index contributed by atoms with van der Waals surface area (Å²) in [5, 5.41) is 0. The summed E-state index contributed by atoms with van der Waals surface area (Å²) in [6.45, 7) is 0. The molecular weight excluding hydrogens is 274 g/mol. The molecule has 1 rings (SSSR count). The molecule has 0 aromatic heterocycles. The molecule has 64 valence electrons. The lowest BCUT2D eigenvalue weighted by Gasteiger charge is -2.01. The molecule has 0 aliphatic rings. The summed E-state index contributed by atoms with van der Waals surface area (Å²) in [4.78, 5) is 11.0. The first-order valence-corrected chi connectivity index (χ1v) is 4.27. The van der Waals surface area contributed by atoms with Crippen molar-refractivity contribution in [1.29, 1.82) is 0 Å². The van der Waals surface area contributed by atoms with Crippen LogP contribution in [-0.2, 0) is 4.74 Å². The third kappa shape index (κ3) is 1.74. The second-order valence-corrected chi connectivity index (χ2v) is 3.17. The van der Waals surface area contributed by atoms with Gasteiger partial charge in [-0.15, -0.1) is 0 Å². The van der Waals surface area contributed by atoms with Crippen LogP contribution >= 0.6 is 22.6 Å². The molecule has 12 heavy (non-hydrogen) atoms. The van der Waals surface area contributed by atoms with Gasteiger partial charge in [-0.2, -0.15) is 0 Å². The first kappa shape index (κ1) is 9.44. The van der Waals surface area contributed by atoms with Crippen molar-refractivity contribution in [3.05, 3.63) is 33.1 Å². The summed E-state index contributed by atoms with van der Waals surface area (Å²) in [5.41, 5.74) is 0.262. The zero-order valence-electron chi connectivity index (χ0n) is 6.30. The number of methoxy groups -OCH3 is 1. The quantitative estimate of drug-likeness (QED) is 0.582. The van der Waals surface area contributed by atoms with Gasteiger partial charge in [0.05, 0.1) is 16.2 Å². The summed E-state index contributed by atoms with van der Waals surface area (Å²) >= 11 is 1.77. The van der Waals surface area contributed by atoms with Crippen molar-refractivity contribution in [2.24, 2.45) is 0 Å². The van der Waals surface area contributed by atoms with Crippen LogP contribution in [0.15, 0.2) is 18.2 Å². The summed E-state index contributed by atoms with van der Waals surface area (Å²) in [7, 11) is 1.27.